The summed E-state index contributed by atoms with van der Waals surface area (Å²) < 4.78 is 11.6. The summed E-state index contributed by atoms with van der Waals surface area (Å²) >= 11 is 14.4. The zero-order valence-electron chi connectivity index (χ0n) is 20.3. The molecule has 0 amide bonds. The molecule has 2 aromatic rings. The maximum atomic E-state index is 10.9. The number of aromatic nitrogens is 1. The first-order valence-electron chi connectivity index (χ1n) is 12.2. The molecule has 192 valence electrons. The van der Waals surface area contributed by atoms with Crippen LogP contribution in [0.2, 0.25) is 10.0 Å². The molecule has 0 spiro atoms. The molecule has 1 aliphatic heterocycles. The van der Waals surface area contributed by atoms with Crippen molar-refractivity contribution in [3.8, 4) is 0 Å². The summed E-state index contributed by atoms with van der Waals surface area (Å²) in [5, 5.41) is 23.5. The minimum Gasteiger partial charge on any atom is -0.512 e. The Balaban J connectivity index is 1.22. The monoisotopic (exact) mass is 548 g/mol. The van der Waals surface area contributed by atoms with E-state index < -0.39 is 0 Å². The molecule has 10 heteroatoms. The predicted molar refractivity (Wildman–Crippen MR) is 145 cm³/mol. The molecule has 0 unspecified atom stereocenters. The van der Waals surface area contributed by atoms with Crippen molar-refractivity contribution in [1.29, 1.82) is 5.41 Å². The number of nitrogens with one attached hydrogen (secondary N) is 1. The Morgan fingerprint density at radius 2 is 1.89 bits per heavy atom. The summed E-state index contributed by atoms with van der Waals surface area (Å²) in [7, 11) is 3.31. The number of benzene rings is 1. The van der Waals surface area contributed by atoms with Gasteiger partial charge in [-0.15, -0.1) is 11.3 Å². The quantitative estimate of drug-likeness (QED) is 0.240. The van der Waals surface area contributed by atoms with Crippen molar-refractivity contribution >= 4 is 51.3 Å². The second-order valence-electron chi connectivity index (χ2n) is 9.69. The number of methoxy groups -OCH3 is 1. The summed E-state index contributed by atoms with van der Waals surface area (Å²) in [5.41, 5.74) is 1.85. The molecule has 0 bridgehead atoms. The number of anilines is 1. The lowest BCUT2D eigenvalue weighted by Gasteiger charge is -2.20. The first-order chi connectivity index (χ1) is 17.4. The van der Waals surface area contributed by atoms with Crippen LogP contribution in [0.25, 0.3) is 0 Å². The number of nitrogens with zero attached hydrogens (tertiary/aromatic N) is 3. The Morgan fingerprint density at radius 1 is 1.22 bits per heavy atom. The van der Waals surface area contributed by atoms with Gasteiger partial charge in [-0.25, -0.2) is 4.98 Å². The average molecular weight is 550 g/mol. The third kappa shape index (κ3) is 5.14. The SMILES string of the molecule is C/N=C(/OC)c1csc(N2C[C@H]3C[C@H](OC/C(C(=N)c4c(Cl)cccc4Cl)=C(/O)C4CC4)C[C@H]3C2)n1. The minimum absolute atomic E-state index is 0.0952. The molecule has 1 aromatic heterocycles. The third-order valence-electron chi connectivity index (χ3n) is 7.34. The topological polar surface area (TPSA) is 91.0 Å². The molecule has 36 heavy (non-hydrogen) atoms. The molecule has 3 atom stereocenters. The number of rotatable bonds is 8. The number of hydrogen-bond acceptors (Lipinski definition) is 8. The van der Waals surface area contributed by atoms with Crippen LogP contribution >= 0.6 is 34.5 Å². The lowest BCUT2D eigenvalue weighted by atomic mass is 10.00. The van der Waals surface area contributed by atoms with Crippen LogP contribution in [0.15, 0.2) is 39.9 Å². The van der Waals surface area contributed by atoms with Crippen LogP contribution in [-0.4, -0.2) is 61.7 Å². The van der Waals surface area contributed by atoms with Crippen LogP contribution in [0.4, 0.5) is 5.13 Å². The van der Waals surface area contributed by atoms with E-state index >= 15 is 0 Å². The van der Waals surface area contributed by atoms with E-state index in [0.29, 0.717) is 38.9 Å². The van der Waals surface area contributed by atoms with Gasteiger partial charge >= 0.3 is 0 Å². The highest BCUT2D eigenvalue weighted by molar-refractivity contribution is 7.13. The van der Waals surface area contributed by atoms with E-state index in [1.165, 1.54) is 0 Å². The fourth-order valence-corrected chi connectivity index (χ4v) is 6.73. The number of halogens is 2. The van der Waals surface area contributed by atoms with E-state index in [4.69, 9.17) is 43.1 Å². The van der Waals surface area contributed by atoms with Crippen molar-refractivity contribution < 1.29 is 14.6 Å². The summed E-state index contributed by atoms with van der Waals surface area (Å²) in [5.74, 6) is 1.96. The summed E-state index contributed by atoms with van der Waals surface area (Å²) in [4.78, 5) is 11.2. The second kappa shape index (κ2) is 10.7. The van der Waals surface area contributed by atoms with Crippen molar-refractivity contribution in [3.05, 3.63) is 56.2 Å². The largest absolute Gasteiger partial charge is 0.512 e. The molecule has 2 N–H and O–H groups in total. The van der Waals surface area contributed by atoms with Crippen LogP contribution in [0, 0.1) is 23.2 Å². The standard InChI is InChI=1S/C26H30Cl2N4O3S/c1-30-25(34-2)21-13-36-26(31-21)32-10-15-8-17(9-16(15)11-32)35-12-18(24(33)14-6-7-14)23(29)22-19(27)4-3-5-20(22)28/h3-5,13-17,29,33H,6-12H2,1-2H3/b24-18-,29-23?,30-25+/t15-,16+,17+. The van der Waals surface area contributed by atoms with Gasteiger partial charge in [0.1, 0.15) is 11.5 Å². The number of aliphatic hydroxyl groups excluding tert-OH is 1. The van der Waals surface area contributed by atoms with Gasteiger partial charge in [0.25, 0.3) is 0 Å². The highest BCUT2D eigenvalue weighted by atomic mass is 35.5. The first kappa shape index (κ1) is 25.5. The molecule has 1 saturated heterocycles. The lowest BCUT2D eigenvalue weighted by Crippen LogP contribution is -2.24. The number of fused-ring (bicyclic) bond motifs is 1. The van der Waals surface area contributed by atoms with Crippen molar-refractivity contribution in [2.75, 3.05) is 38.8 Å². The normalized spacial score (nSPS) is 24.6. The van der Waals surface area contributed by atoms with Crippen LogP contribution in [0.5, 0.6) is 0 Å². The molecular weight excluding hydrogens is 519 g/mol. The van der Waals surface area contributed by atoms with Gasteiger partial charge in [-0.2, -0.15) is 0 Å². The molecule has 2 heterocycles. The number of allylic oxidation sites excluding steroid dienone is 1. The number of aliphatic hydroxyl groups is 1. The predicted octanol–water partition coefficient (Wildman–Crippen LogP) is 5.99. The number of aliphatic imine (C=N–C) groups is 1. The molecular formula is C26H30Cl2N4O3S. The van der Waals surface area contributed by atoms with Gasteiger partial charge in [0.2, 0.25) is 5.90 Å². The van der Waals surface area contributed by atoms with Crippen LogP contribution in [-0.2, 0) is 9.47 Å². The fourth-order valence-electron chi connectivity index (χ4n) is 5.32. The smallest absolute Gasteiger partial charge is 0.235 e. The van der Waals surface area contributed by atoms with E-state index in [9.17, 15) is 5.11 Å². The number of ether oxygens (including phenoxy) is 2. The number of hydrogen-bond donors (Lipinski definition) is 2. The van der Waals surface area contributed by atoms with E-state index in [0.717, 1.165) is 49.6 Å². The van der Waals surface area contributed by atoms with E-state index in [1.807, 2.05) is 5.38 Å². The maximum Gasteiger partial charge on any atom is 0.235 e. The first-order valence-corrected chi connectivity index (χ1v) is 13.8. The Morgan fingerprint density at radius 3 is 2.47 bits per heavy atom. The summed E-state index contributed by atoms with van der Waals surface area (Å²) in [6.07, 6.45) is 3.86. The van der Waals surface area contributed by atoms with Gasteiger partial charge in [-0.3, -0.25) is 10.4 Å². The molecule has 7 nitrogen and oxygen atoms in total. The van der Waals surface area contributed by atoms with Gasteiger partial charge in [-0.05, 0) is 49.7 Å². The Bertz CT molecular complexity index is 1180. The van der Waals surface area contributed by atoms with Gasteiger partial charge in [-0.1, -0.05) is 29.3 Å². The van der Waals surface area contributed by atoms with Crippen molar-refractivity contribution in [3.63, 3.8) is 0 Å². The zero-order valence-corrected chi connectivity index (χ0v) is 22.7. The Kier molecular flexibility index (Phi) is 7.58. The van der Waals surface area contributed by atoms with Gasteiger partial charge in [0.05, 0.1) is 35.6 Å². The molecule has 5 rings (SSSR count). The van der Waals surface area contributed by atoms with Gasteiger partial charge < -0.3 is 19.5 Å². The Labute approximate surface area is 225 Å². The average Bonchev–Trinajstić information content (AvgIpc) is 3.27. The zero-order chi connectivity index (χ0) is 25.4. The molecule has 0 radical (unpaired) electrons. The van der Waals surface area contributed by atoms with E-state index in [-0.39, 0.29) is 30.1 Å². The van der Waals surface area contributed by atoms with Crippen LogP contribution in [0.1, 0.15) is 36.9 Å². The van der Waals surface area contributed by atoms with Crippen molar-refractivity contribution in [1.82, 2.24) is 4.98 Å². The van der Waals surface area contributed by atoms with E-state index in [2.05, 4.69) is 9.89 Å². The number of thiazole rings is 1. The summed E-state index contributed by atoms with van der Waals surface area (Å²) in [6, 6.07) is 5.18. The molecule has 3 fully saturated rings. The van der Waals surface area contributed by atoms with Crippen LogP contribution < -0.4 is 4.90 Å². The molecule has 2 saturated carbocycles. The highest BCUT2D eigenvalue weighted by Gasteiger charge is 2.42. The van der Waals surface area contributed by atoms with E-state index in [1.54, 1.807) is 43.7 Å². The Hall–Kier alpha value is -2.13. The lowest BCUT2D eigenvalue weighted by molar-refractivity contribution is 0.0701. The van der Waals surface area contributed by atoms with Gasteiger partial charge in [0.15, 0.2) is 5.13 Å². The van der Waals surface area contributed by atoms with Crippen molar-refractivity contribution in [2.24, 2.45) is 22.7 Å². The highest BCUT2D eigenvalue weighted by Crippen LogP contribution is 2.43. The van der Waals surface area contributed by atoms with Crippen LogP contribution in [0.3, 0.4) is 0 Å². The van der Waals surface area contributed by atoms with Crippen molar-refractivity contribution in [2.45, 2.75) is 31.8 Å². The minimum atomic E-state index is 0.0952. The summed E-state index contributed by atoms with van der Waals surface area (Å²) in [6.45, 7) is 2.08. The third-order valence-corrected chi connectivity index (χ3v) is 8.87. The second-order valence-corrected chi connectivity index (χ2v) is 11.3. The molecule has 1 aromatic carbocycles. The molecule has 3 aliphatic rings. The maximum absolute atomic E-state index is 10.9. The fraction of sp³-hybridized carbons (Fsp3) is 0.500. The van der Waals surface area contributed by atoms with Gasteiger partial charge in [0, 0.05) is 42.6 Å². The molecule has 2 aliphatic carbocycles.